The zero-order chi connectivity index (χ0) is 20.4. The summed E-state index contributed by atoms with van der Waals surface area (Å²) in [5.41, 5.74) is 3.69. The monoisotopic (exact) mass is 391 g/mol. The third kappa shape index (κ3) is 4.17. The van der Waals surface area contributed by atoms with Crippen molar-refractivity contribution < 1.29 is 4.90 Å². The minimum Gasteiger partial charge on any atom is -0.360 e. The van der Waals surface area contributed by atoms with E-state index >= 15 is 0 Å². The van der Waals surface area contributed by atoms with E-state index in [0.29, 0.717) is 0 Å². The first-order chi connectivity index (χ1) is 13.9. The molecule has 2 aromatic carbocycles. The van der Waals surface area contributed by atoms with Crippen LogP contribution in [0.15, 0.2) is 54.6 Å². The van der Waals surface area contributed by atoms with Crippen LogP contribution in [0.4, 0.5) is 5.69 Å². The van der Waals surface area contributed by atoms with Gasteiger partial charge in [-0.25, -0.2) is 4.68 Å². The molecule has 2 heterocycles. The summed E-state index contributed by atoms with van der Waals surface area (Å²) in [5.74, 6) is 0.949. The van der Waals surface area contributed by atoms with Crippen molar-refractivity contribution in [2.24, 2.45) is 0 Å². The Kier molecular flexibility index (Phi) is 5.37. The number of anilines is 1. The second kappa shape index (κ2) is 7.95. The third-order valence-corrected chi connectivity index (χ3v) is 5.73. The first-order valence-corrected chi connectivity index (χ1v) is 10.4. The van der Waals surface area contributed by atoms with Gasteiger partial charge in [0.2, 0.25) is 5.82 Å². The molecule has 0 radical (unpaired) electrons. The molecule has 6 nitrogen and oxygen atoms in total. The maximum atomic E-state index is 4.50. The van der Waals surface area contributed by atoms with E-state index in [2.05, 4.69) is 103 Å². The second-order valence-corrected chi connectivity index (χ2v) is 8.94. The number of rotatable bonds is 4. The van der Waals surface area contributed by atoms with Crippen LogP contribution in [0, 0.1) is 6.92 Å². The molecule has 152 valence electrons. The lowest BCUT2D eigenvalue weighted by atomic mass is 10.0. The summed E-state index contributed by atoms with van der Waals surface area (Å²) in [5, 5.41) is 12.9. The standard InChI is InChI=1S/C23H30N6/c1-18-10-12-19(13-11-18)21(22-24-25-26-29(22)23(2,3)4)28-16-14-27(15-17-28)20-8-6-5-7-9-20/h5-13,21H,14-17H2,1-4H3/p+1/t21-/m0/s1. The molecular weight excluding hydrogens is 360 g/mol. The van der Waals surface area contributed by atoms with Crippen LogP contribution in [0.5, 0.6) is 0 Å². The van der Waals surface area contributed by atoms with E-state index in [-0.39, 0.29) is 11.6 Å². The molecule has 1 atom stereocenters. The number of para-hydroxylation sites is 1. The number of aromatic nitrogens is 4. The first kappa shape index (κ1) is 19.6. The molecule has 1 aliphatic rings. The molecule has 29 heavy (non-hydrogen) atoms. The summed E-state index contributed by atoms with van der Waals surface area (Å²) < 4.78 is 1.99. The smallest absolute Gasteiger partial charge is 0.214 e. The molecule has 1 saturated heterocycles. The third-order valence-electron chi connectivity index (χ3n) is 5.73. The van der Waals surface area contributed by atoms with Crippen LogP contribution in [0.2, 0.25) is 0 Å². The van der Waals surface area contributed by atoms with Crippen molar-refractivity contribution in [3.63, 3.8) is 0 Å². The molecule has 0 unspecified atom stereocenters. The van der Waals surface area contributed by atoms with Crippen LogP contribution in [0.25, 0.3) is 0 Å². The van der Waals surface area contributed by atoms with Crippen molar-refractivity contribution in [3.8, 4) is 0 Å². The fourth-order valence-corrected chi connectivity index (χ4v) is 4.16. The van der Waals surface area contributed by atoms with E-state index < -0.39 is 0 Å². The summed E-state index contributed by atoms with van der Waals surface area (Å²) in [6.07, 6.45) is 0. The predicted molar refractivity (Wildman–Crippen MR) is 115 cm³/mol. The number of hydrogen-bond donors (Lipinski definition) is 1. The van der Waals surface area contributed by atoms with E-state index in [9.17, 15) is 0 Å². The normalized spacial score (nSPS) is 16.8. The molecule has 0 bridgehead atoms. The van der Waals surface area contributed by atoms with Crippen molar-refractivity contribution in [2.45, 2.75) is 39.3 Å². The van der Waals surface area contributed by atoms with Gasteiger partial charge in [-0.05, 0) is 50.3 Å². The van der Waals surface area contributed by atoms with Crippen molar-refractivity contribution in [1.29, 1.82) is 0 Å². The van der Waals surface area contributed by atoms with Gasteiger partial charge in [0.05, 0.1) is 31.7 Å². The summed E-state index contributed by atoms with van der Waals surface area (Å²) in [4.78, 5) is 3.99. The molecule has 1 fully saturated rings. The Hall–Kier alpha value is -2.73. The largest absolute Gasteiger partial charge is 0.360 e. The van der Waals surface area contributed by atoms with Gasteiger partial charge in [-0.15, -0.1) is 5.10 Å². The van der Waals surface area contributed by atoms with Crippen molar-refractivity contribution in [3.05, 3.63) is 71.5 Å². The summed E-state index contributed by atoms with van der Waals surface area (Å²) in [7, 11) is 0. The molecule has 1 N–H and O–H groups in total. The van der Waals surface area contributed by atoms with Crippen LogP contribution < -0.4 is 9.80 Å². The first-order valence-electron chi connectivity index (χ1n) is 10.4. The number of hydrogen-bond acceptors (Lipinski definition) is 4. The molecule has 3 aromatic rings. The molecule has 1 aliphatic heterocycles. The molecule has 6 heteroatoms. The minimum atomic E-state index is -0.160. The fourth-order valence-electron chi connectivity index (χ4n) is 4.16. The van der Waals surface area contributed by atoms with Gasteiger partial charge in [0.1, 0.15) is 0 Å². The number of piperazine rings is 1. The van der Waals surface area contributed by atoms with E-state index in [0.717, 1.165) is 32.0 Å². The molecular formula is C23H31N6+. The summed E-state index contributed by atoms with van der Waals surface area (Å²) in [6, 6.07) is 19.7. The van der Waals surface area contributed by atoms with Gasteiger partial charge >= 0.3 is 0 Å². The molecule has 0 amide bonds. The Morgan fingerprint density at radius 3 is 2.21 bits per heavy atom. The minimum absolute atomic E-state index is 0.128. The van der Waals surface area contributed by atoms with Gasteiger partial charge in [0.15, 0.2) is 6.04 Å². The summed E-state index contributed by atoms with van der Waals surface area (Å²) in [6.45, 7) is 12.7. The zero-order valence-corrected chi connectivity index (χ0v) is 17.8. The van der Waals surface area contributed by atoms with Gasteiger partial charge in [-0.2, -0.15) is 0 Å². The second-order valence-electron chi connectivity index (χ2n) is 8.94. The Labute approximate surface area is 173 Å². The molecule has 4 rings (SSSR count). The van der Waals surface area contributed by atoms with Gasteiger partial charge in [0, 0.05) is 11.3 Å². The predicted octanol–water partition coefficient (Wildman–Crippen LogP) is 2.23. The highest BCUT2D eigenvalue weighted by Crippen LogP contribution is 2.23. The van der Waals surface area contributed by atoms with Crippen LogP contribution in [-0.2, 0) is 5.54 Å². The zero-order valence-electron chi connectivity index (χ0n) is 17.8. The van der Waals surface area contributed by atoms with Gasteiger partial charge in [-0.3, -0.25) is 0 Å². The van der Waals surface area contributed by atoms with Crippen LogP contribution >= 0.6 is 0 Å². The average molecular weight is 392 g/mol. The lowest BCUT2D eigenvalue weighted by Gasteiger charge is -2.37. The van der Waals surface area contributed by atoms with E-state index in [1.807, 2.05) is 4.68 Å². The van der Waals surface area contributed by atoms with Crippen LogP contribution in [-0.4, -0.2) is 46.4 Å². The fraction of sp³-hybridized carbons (Fsp3) is 0.435. The van der Waals surface area contributed by atoms with E-state index in [1.54, 1.807) is 0 Å². The molecule has 1 aromatic heterocycles. The lowest BCUT2D eigenvalue weighted by molar-refractivity contribution is -0.927. The van der Waals surface area contributed by atoms with Crippen LogP contribution in [0.1, 0.15) is 43.8 Å². The number of tetrazole rings is 1. The maximum absolute atomic E-state index is 4.50. The molecule has 0 aliphatic carbocycles. The maximum Gasteiger partial charge on any atom is 0.214 e. The van der Waals surface area contributed by atoms with Crippen molar-refractivity contribution in [1.82, 2.24) is 20.2 Å². The Morgan fingerprint density at radius 2 is 1.59 bits per heavy atom. The Morgan fingerprint density at radius 1 is 0.931 bits per heavy atom. The number of nitrogens with one attached hydrogen (secondary N) is 1. The number of quaternary nitrogens is 1. The molecule has 0 spiro atoms. The highest BCUT2D eigenvalue weighted by atomic mass is 15.6. The average Bonchev–Trinajstić information content (AvgIpc) is 3.21. The lowest BCUT2D eigenvalue weighted by Crippen LogP contribution is -3.15. The number of aryl methyl sites for hydroxylation is 1. The number of benzene rings is 2. The highest BCUT2D eigenvalue weighted by molar-refractivity contribution is 5.46. The van der Waals surface area contributed by atoms with Gasteiger partial charge in [-0.1, -0.05) is 48.0 Å². The van der Waals surface area contributed by atoms with E-state index in [1.165, 1.54) is 21.7 Å². The Bertz CT molecular complexity index is 918. The van der Waals surface area contributed by atoms with Crippen LogP contribution in [0.3, 0.4) is 0 Å². The highest BCUT2D eigenvalue weighted by Gasteiger charge is 2.36. The van der Waals surface area contributed by atoms with E-state index in [4.69, 9.17) is 0 Å². The summed E-state index contributed by atoms with van der Waals surface area (Å²) >= 11 is 0. The van der Waals surface area contributed by atoms with Crippen molar-refractivity contribution in [2.75, 3.05) is 31.1 Å². The Balaban J connectivity index is 1.64. The quantitative estimate of drug-likeness (QED) is 0.741. The molecule has 0 saturated carbocycles. The topological polar surface area (TPSA) is 51.3 Å². The van der Waals surface area contributed by atoms with Gasteiger partial charge in [0.25, 0.3) is 0 Å². The van der Waals surface area contributed by atoms with Crippen molar-refractivity contribution >= 4 is 5.69 Å². The van der Waals surface area contributed by atoms with Gasteiger partial charge < -0.3 is 9.80 Å². The number of nitrogens with zero attached hydrogens (tertiary/aromatic N) is 5. The SMILES string of the molecule is Cc1ccc([C@@H](c2nnnn2C(C)(C)C)[NH+]2CCN(c3ccccc3)CC2)cc1.